The Bertz CT molecular complexity index is 436. The van der Waals surface area contributed by atoms with Gasteiger partial charge in [-0.1, -0.05) is 5.18 Å². The van der Waals surface area contributed by atoms with Crippen LogP contribution in [0.2, 0.25) is 0 Å². The molecule has 0 spiro atoms. The molecule has 0 aliphatic carbocycles. The van der Waals surface area contributed by atoms with Gasteiger partial charge in [-0.15, -0.1) is 0 Å². The van der Waals surface area contributed by atoms with Gasteiger partial charge in [-0.3, -0.25) is 4.79 Å². The lowest BCUT2D eigenvalue weighted by Gasteiger charge is -2.09. The fourth-order valence-electron chi connectivity index (χ4n) is 2.18. The molecule has 13 heteroatoms. The van der Waals surface area contributed by atoms with Crippen molar-refractivity contribution in [1.82, 2.24) is 10.6 Å². The second-order valence-electron chi connectivity index (χ2n) is 6.65. The van der Waals surface area contributed by atoms with E-state index in [0.717, 1.165) is 6.54 Å². The summed E-state index contributed by atoms with van der Waals surface area (Å²) in [6.07, 6.45) is 0. The largest absolute Gasteiger partial charge is 0.378 e. The minimum absolute atomic E-state index is 0.0108. The minimum atomic E-state index is -0.195. The molecule has 0 bridgehead atoms. The highest BCUT2D eigenvalue weighted by Crippen LogP contribution is 1.85. The number of amides is 1. The Balaban J connectivity index is 3.13. The zero-order valence-electron chi connectivity index (χ0n) is 20.5. The van der Waals surface area contributed by atoms with E-state index in [0.29, 0.717) is 106 Å². The van der Waals surface area contributed by atoms with Crippen molar-refractivity contribution < 1.29 is 42.7 Å². The molecule has 2 N–H and O–H groups in total. The van der Waals surface area contributed by atoms with Crippen molar-refractivity contribution in [3.8, 4) is 0 Å². The molecule has 202 valence electrons. The van der Waals surface area contributed by atoms with Crippen LogP contribution in [-0.4, -0.2) is 138 Å². The van der Waals surface area contributed by atoms with Crippen molar-refractivity contribution in [3.05, 3.63) is 4.91 Å². The molecule has 0 aliphatic rings. The summed E-state index contributed by atoms with van der Waals surface area (Å²) in [7, 11) is 1.87. The number of carbonyl (C=O) groups excluding carboxylic acids is 1. The van der Waals surface area contributed by atoms with E-state index >= 15 is 0 Å². The maximum atomic E-state index is 11.6. The molecule has 0 unspecified atom stereocenters. The SMILES string of the molecule is CNCCOCCOCCOCC(=O)NCCOCCOCCOCCOCCOCCN=O. The van der Waals surface area contributed by atoms with E-state index in [1.807, 2.05) is 7.05 Å². The zero-order valence-corrected chi connectivity index (χ0v) is 20.5. The summed E-state index contributed by atoms with van der Waals surface area (Å²) < 4.78 is 42.4. The standard InChI is InChI=1S/C21H43N3O10/c1-22-2-5-27-8-11-33-18-19-34-20-21(25)23-3-6-28-9-12-30-14-16-32-17-15-31-13-10-29-7-4-24-26/h22H,2-20H2,1H3,(H,23,25). The Hall–Kier alpha value is -1.29. The van der Waals surface area contributed by atoms with E-state index in [2.05, 4.69) is 15.8 Å². The molecule has 0 aromatic heterocycles. The van der Waals surface area contributed by atoms with Crippen molar-refractivity contribution in [2.45, 2.75) is 0 Å². The molecule has 0 saturated heterocycles. The Morgan fingerprint density at radius 2 is 0.941 bits per heavy atom. The van der Waals surface area contributed by atoms with E-state index in [1.54, 1.807) is 0 Å². The van der Waals surface area contributed by atoms with Gasteiger partial charge in [0, 0.05) is 13.1 Å². The van der Waals surface area contributed by atoms with E-state index in [1.165, 1.54) is 0 Å². The van der Waals surface area contributed by atoms with Crippen molar-refractivity contribution in [2.24, 2.45) is 5.18 Å². The molecule has 0 heterocycles. The van der Waals surface area contributed by atoms with Crippen LogP contribution in [0.3, 0.4) is 0 Å². The number of nitroso groups, excluding NO2 is 1. The molecular weight excluding hydrogens is 454 g/mol. The van der Waals surface area contributed by atoms with Crippen molar-refractivity contribution in [3.63, 3.8) is 0 Å². The summed E-state index contributed by atoms with van der Waals surface area (Å²) in [6, 6.07) is 0. The van der Waals surface area contributed by atoms with Crippen molar-refractivity contribution in [2.75, 3.05) is 132 Å². The predicted octanol–water partition coefficient (Wildman–Crippen LogP) is -0.779. The molecule has 34 heavy (non-hydrogen) atoms. The van der Waals surface area contributed by atoms with Gasteiger partial charge in [-0.2, -0.15) is 4.91 Å². The molecule has 0 aliphatic heterocycles. The number of likely N-dealkylation sites (N-methyl/N-ethyl adjacent to an activating group) is 1. The number of hydrogen-bond acceptors (Lipinski definition) is 12. The second-order valence-corrected chi connectivity index (χ2v) is 6.65. The Labute approximate surface area is 202 Å². The average molecular weight is 498 g/mol. The van der Waals surface area contributed by atoms with Crippen LogP contribution >= 0.6 is 0 Å². The molecule has 0 fully saturated rings. The molecule has 13 nitrogen and oxygen atoms in total. The van der Waals surface area contributed by atoms with Gasteiger partial charge < -0.3 is 48.5 Å². The highest BCUT2D eigenvalue weighted by Gasteiger charge is 2.01. The van der Waals surface area contributed by atoms with E-state index < -0.39 is 0 Å². The number of nitrogens with zero attached hydrogens (tertiary/aromatic N) is 1. The molecule has 0 aromatic rings. The number of hydrogen-bond donors (Lipinski definition) is 2. The van der Waals surface area contributed by atoms with Gasteiger partial charge in [0.15, 0.2) is 0 Å². The third-order valence-electron chi connectivity index (χ3n) is 3.86. The lowest BCUT2D eigenvalue weighted by Crippen LogP contribution is -2.31. The van der Waals surface area contributed by atoms with Crippen LogP contribution in [0, 0.1) is 4.91 Å². The topological polar surface area (TPSA) is 144 Å². The summed E-state index contributed by atoms with van der Waals surface area (Å²) >= 11 is 0. The monoisotopic (exact) mass is 497 g/mol. The normalized spacial score (nSPS) is 11.1. The maximum Gasteiger partial charge on any atom is 0.246 e. The summed E-state index contributed by atoms with van der Waals surface area (Å²) in [5.41, 5.74) is 0. The van der Waals surface area contributed by atoms with Gasteiger partial charge in [-0.25, -0.2) is 0 Å². The lowest BCUT2D eigenvalue weighted by atomic mass is 10.6. The zero-order chi connectivity index (χ0) is 24.8. The van der Waals surface area contributed by atoms with Gasteiger partial charge in [0.1, 0.15) is 13.2 Å². The third kappa shape index (κ3) is 28.7. The maximum absolute atomic E-state index is 11.6. The van der Waals surface area contributed by atoms with E-state index in [9.17, 15) is 9.70 Å². The second kappa shape index (κ2) is 29.7. The Morgan fingerprint density at radius 3 is 1.38 bits per heavy atom. The fourth-order valence-corrected chi connectivity index (χ4v) is 2.18. The van der Waals surface area contributed by atoms with Crippen molar-refractivity contribution >= 4 is 5.91 Å². The van der Waals surface area contributed by atoms with Crippen LogP contribution in [0.5, 0.6) is 0 Å². The van der Waals surface area contributed by atoms with Gasteiger partial charge in [0.05, 0.1) is 99.1 Å². The van der Waals surface area contributed by atoms with Crippen LogP contribution < -0.4 is 10.6 Å². The average Bonchev–Trinajstić information content (AvgIpc) is 2.84. The summed E-state index contributed by atoms with van der Waals surface area (Å²) in [4.78, 5) is 21.5. The first-order chi connectivity index (χ1) is 16.8. The highest BCUT2D eigenvalue weighted by atomic mass is 16.6. The van der Waals surface area contributed by atoms with E-state index in [-0.39, 0.29) is 19.1 Å². The quantitative estimate of drug-likeness (QED) is 0.0992. The number of carbonyl (C=O) groups is 1. The van der Waals surface area contributed by atoms with Crippen molar-refractivity contribution in [1.29, 1.82) is 0 Å². The number of ether oxygens (including phenoxy) is 8. The predicted molar refractivity (Wildman–Crippen MR) is 124 cm³/mol. The molecule has 0 aromatic carbocycles. The molecule has 0 atom stereocenters. The van der Waals surface area contributed by atoms with Gasteiger partial charge in [0.25, 0.3) is 0 Å². The van der Waals surface area contributed by atoms with Crippen LogP contribution in [-0.2, 0) is 42.7 Å². The molecule has 0 radical (unpaired) electrons. The summed E-state index contributed by atoms with van der Waals surface area (Å²) in [5, 5.41) is 8.39. The van der Waals surface area contributed by atoms with E-state index in [4.69, 9.17) is 37.9 Å². The first-order valence-electron chi connectivity index (χ1n) is 11.6. The van der Waals surface area contributed by atoms with Gasteiger partial charge in [-0.05, 0) is 7.05 Å². The highest BCUT2D eigenvalue weighted by molar-refractivity contribution is 5.77. The number of nitrogens with one attached hydrogen (secondary N) is 2. The lowest BCUT2D eigenvalue weighted by molar-refractivity contribution is -0.126. The Kier molecular flexibility index (Phi) is 28.6. The fraction of sp³-hybridized carbons (Fsp3) is 0.952. The molecule has 0 rings (SSSR count). The first kappa shape index (κ1) is 32.7. The third-order valence-corrected chi connectivity index (χ3v) is 3.86. The molecule has 0 saturated carbocycles. The number of rotatable bonds is 29. The van der Waals surface area contributed by atoms with Crippen LogP contribution in [0.4, 0.5) is 0 Å². The van der Waals surface area contributed by atoms with Crippen LogP contribution in [0.25, 0.3) is 0 Å². The summed E-state index contributed by atoms with van der Waals surface area (Å²) in [6.45, 7) is 8.19. The Morgan fingerprint density at radius 1 is 0.559 bits per heavy atom. The minimum Gasteiger partial charge on any atom is -0.378 e. The first-order valence-corrected chi connectivity index (χ1v) is 11.6. The van der Waals surface area contributed by atoms with Gasteiger partial charge >= 0.3 is 0 Å². The van der Waals surface area contributed by atoms with Crippen LogP contribution in [0.1, 0.15) is 0 Å². The summed E-state index contributed by atoms with van der Waals surface area (Å²) in [5.74, 6) is -0.195. The van der Waals surface area contributed by atoms with Crippen LogP contribution in [0.15, 0.2) is 5.18 Å². The molecular formula is C21H43N3O10. The molecule has 1 amide bonds. The van der Waals surface area contributed by atoms with Gasteiger partial charge in [0.2, 0.25) is 5.91 Å². The smallest absolute Gasteiger partial charge is 0.246 e.